The van der Waals surface area contributed by atoms with Crippen LogP contribution in [-0.4, -0.2) is 87.9 Å². The number of nitrogens with zero attached hydrogens (tertiary/aromatic N) is 5. The summed E-state index contributed by atoms with van der Waals surface area (Å²) < 4.78 is 15.8. The maximum Gasteiger partial charge on any atom is 0.312 e. The molecule has 42 heavy (non-hydrogen) atoms. The number of carbonyl (C=O) groups is 3. The number of hydrogen-bond acceptors (Lipinski definition) is 7. The van der Waals surface area contributed by atoms with E-state index < -0.39 is 46.1 Å². The molecule has 1 aromatic heterocycles. The molecule has 1 aromatic carbocycles. The van der Waals surface area contributed by atoms with Crippen LogP contribution in [0.5, 0.6) is 5.75 Å². The fourth-order valence-electron chi connectivity index (χ4n) is 6.70. The summed E-state index contributed by atoms with van der Waals surface area (Å²) in [7, 11) is 4.49. The van der Waals surface area contributed by atoms with E-state index in [9.17, 15) is 28.7 Å². The maximum absolute atomic E-state index is 14.4. The van der Waals surface area contributed by atoms with Gasteiger partial charge in [0.25, 0.3) is 11.5 Å². The Labute approximate surface area is 248 Å². The zero-order chi connectivity index (χ0) is 30.4. The van der Waals surface area contributed by atoms with E-state index in [0.717, 1.165) is 32.5 Å². The lowest BCUT2D eigenvalue weighted by Crippen LogP contribution is -2.55. The van der Waals surface area contributed by atoms with Gasteiger partial charge in [-0.15, -0.1) is 0 Å². The van der Waals surface area contributed by atoms with Gasteiger partial charge in [-0.25, -0.2) is 9.37 Å². The van der Waals surface area contributed by atoms with Gasteiger partial charge in [-0.1, -0.05) is 23.7 Å². The molecule has 0 radical (unpaired) electrons. The van der Waals surface area contributed by atoms with E-state index in [2.05, 4.69) is 15.2 Å². The van der Waals surface area contributed by atoms with Crippen LogP contribution < -0.4 is 10.9 Å². The topological polar surface area (TPSA) is 128 Å². The van der Waals surface area contributed by atoms with E-state index in [-0.39, 0.29) is 34.9 Å². The summed E-state index contributed by atoms with van der Waals surface area (Å²) in [5, 5.41) is 13.4. The van der Waals surface area contributed by atoms with Gasteiger partial charge in [-0.2, -0.15) is 0 Å². The van der Waals surface area contributed by atoms with E-state index in [1.54, 1.807) is 0 Å². The molecule has 3 amide bonds. The van der Waals surface area contributed by atoms with Gasteiger partial charge in [0.15, 0.2) is 5.69 Å². The number of fused-ring (bicyclic) bond motifs is 2. The largest absolute Gasteiger partial charge is 0.501 e. The average molecular weight is 603 g/mol. The van der Waals surface area contributed by atoms with E-state index in [1.165, 1.54) is 53.7 Å². The Hall–Kier alpha value is -3.51. The Morgan fingerprint density at radius 3 is 2.40 bits per heavy atom. The van der Waals surface area contributed by atoms with Crippen LogP contribution in [0.4, 0.5) is 4.39 Å². The molecule has 0 unspecified atom stereocenters. The van der Waals surface area contributed by atoms with Crippen molar-refractivity contribution in [1.29, 1.82) is 0 Å². The van der Waals surface area contributed by atoms with Crippen LogP contribution in [0.1, 0.15) is 60.4 Å². The Bertz CT molecular complexity index is 1480. The Morgan fingerprint density at radius 1 is 1.10 bits per heavy atom. The molecule has 4 aliphatic rings. The summed E-state index contributed by atoms with van der Waals surface area (Å²) in [4.78, 5) is 62.6. The predicted octanol–water partition coefficient (Wildman–Crippen LogP) is 2.08. The van der Waals surface area contributed by atoms with E-state index in [0.29, 0.717) is 25.7 Å². The summed E-state index contributed by atoms with van der Waals surface area (Å²) in [5.74, 6) is -3.72. The number of aromatic hydroxyl groups is 1. The van der Waals surface area contributed by atoms with Crippen molar-refractivity contribution in [3.8, 4) is 5.75 Å². The van der Waals surface area contributed by atoms with Gasteiger partial charge in [-0.3, -0.25) is 23.7 Å². The van der Waals surface area contributed by atoms with Crippen LogP contribution in [0.25, 0.3) is 0 Å². The zero-order valence-electron chi connectivity index (χ0n) is 24.1. The Morgan fingerprint density at radius 2 is 1.76 bits per heavy atom. The molecule has 4 heterocycles. The second kappa shape index (κ2) is 11.3. The predicted molar refractivity (Wildman–Crippen MR) is 152 cm³/mol. The molecule has 3 aliphatic heterocycles. The lowest BCUT2D eigenvalue weighted by Gasteiger charge is -2.47. The molecule has 1 saturated heterocycles. The molecule has 1 saturated carbocycles. The van der Waals surface area contributed by atoms with E-state index in [4.69, 9.17) is 11.6 Å². The van der Waals surface area contributed by atoms with Crippen LogP contribution in [0.3, 0.4) is 0 Å². The number of hydrogen-bond donors (Lipinski definition) is 2. The SMILES string of the molecule is CN(C)C(=O)C(=O)N(C)C12CCC(CN3CCCC3)(CC1)Cn1c2nc(C(=O)NCc2cccc(Cl)c2F)c(O)c1=O. The monoisotopic (exact) mass is 602 g/mol. The van der Waals surface area contributed by atoms with Crippen molar-refractivity contribution >= 4 is 29.3 Å². The third kappa shape index (κ3) is 5.15. The Kier molecular flexibility index (Phi) is 8.06. The lowest BCUT2D eigenvalue weighted by molar-refractivity contribution is -0.155. The fourth-order valence-corrected chi connectivity index (χ4v) is 6.89. The zero-order valence-corrected chi connectivity index (χ0v) is 24.8. The number of rotatable bonds is 6. The van der Waals surface area contributed by atoms with Crippen LogP contribution in [-0.2, 0) is 28.2 Å². The summed E-state index contributed by atoms with van der Waals surface area (Å²) in [6, 6.07) is 4.38. The number of likely N-dealkylation sites (N-methyl/N-ethyl adjacent to an activating group) is 2. The second-order valence-corrected chi connectivity index (χ2v) is 12.4. The molecule has 2 fully saturated rings. The maximum atomic E-state index is 14.4. The van der Waals surface area contributed by atoms with Crippen LogP contribution >= 0.6 is 11.6 Å². The molecule has 2 N–H and O–H groups in total. The van der Waals surface area contributed by atoms with Crippen LogP contribution in [0.15, 0.2) is 23.0 Å². The summed E-state index contributed by atoms with van der Waals surface area (Å²) in [6.07, 6.45) is 4.40. The minimum Gasteiger partial charge on any atom is -0.501 e. The highest BCUT2D eigenvalue weighted by Gasteiger charge is 2.55. The number of nitrogens with one attached hydrogen (secondary N) is 1. The number of benzene rings is 1. The molecule has 226 valence electrons. The average Bonchev–Trinajstić information content (AvgIpc) is 3.38. The first-order valence-corrected chi connectivity index (χ1v) is 14.5. The second-order valence-electron chi connectivity index (χ2n) is 12.0. The quantitative estimate of drug-likeness (QED) is 0.485. The third-order valence-electron chi connectivity index (χ3n) is 9.17. The minimum absolute atomic E-state index is 0.105. The molecule has 1 aliphatic carbocycles. The molecule has 11 nitrogen and oxygen atoms in total. The number of amides is 3. The van der Waals surface area contributed by atoms with Gasteiger partial charge >= 0.3 is 11.8 Å². The highest BCUT2D eigenvalue weighted by molar-refractivity contribution is 6.34. The number of halogens is 2. The molecule has 2 aromatic rings. The van der Waals surface area contributed by atoms with Crippen molar-refractivity contribution in [3.63, 3.8) is 0 Å². The molecule has 2 bridgehead atoms. The highest BCUT2D eigenvalue weighted by Crippen LogP contribution is 2.52. The van der Waals surface area contributed by atoms with Crippen molar-refractivity contribution in [2.45, 2.75) is 57.2 Å². The van der Waals surface area contributed by atoms with Gasteiger partial charge in [0, 0.05) is 51.8 Å². The summed E-state index contributed by atoms with van der Waals surface area (Å²) in [6.45, 7) is 2.71. The molecule has 0 atom stereocenters. The minimum atomic E-state index is -1.16. The molecular formula is C29H36ClFN6O5. The van der Waals surface area contributed by atoms with Gasteiger partial charge in [0.1, 0.15) is 17.2 Å². The van der Waals surface area contributed by atoms with Crippen molar-refractivity contribution in [2.24, 2.45) is 5.41 Å². The highest BCUT2D eigenvalue weighted by atomic mass is 35.5. The van der Waals surface area contributed by atoms with Crippen molar-refractivity contribution in [3.05, 3.63) is 56.5 Å². The van der Waals surface area contributed by atoms with Crippen molar-refractivity contribution in [1.82, 2.24) is 29.6 Å². The molecular weight excluding hydrogens is 567 g/mol. The standard InChI is InChI=1S/C29H36ClFN6O5/c1-34(2)25(41)26(42)35(3)29-11-9-28(10-12-29,16-36-13-4-5-14-36)17-37-24(40)22(38)21(33-27(29)37)23(39)32-15-18-7-6-8-19(30)20(18)31/h6-8,38H,4-5,9-17H2,1-3H3,(H,32,39). The van der Waals surface area contributed by atoms with E-state index in [1.807, 2.05) is 0 Å². The van der Waals surface area contributed by atoms with Gasteiger partial charge < -0.3 is 25.1 Å². The number of carbonyl (C=O) groups excluding carboxylic acids is 3. The third-order valence-corrected chi connectivity index (χ3v) is 9.46. The smallest absolute Gasteiger partial charge is 0.312 e. The molecule has 6 rings (SSSR count). The van der Waals surface area contributed by atoms with Gasteiger partial charge in [-0.05, 0) is 57.7 Å². The van der Waals surface area contributed by atoms with Crippen molar-refractivity contribution < 1.29 is 23.9 Å². The first-order valence-electron chi connectivity index (χ1n) is 14.2. The van der Waals surface area contributed by atoms with Gasteiger partial charge in [0.05, 0.1) is 5.02 Å². The molecule has 13 heteroatoms. The van der Waals surface area contributed by atoms with E-state index >= 15 is 0 Å². The summed E-state index contributed by atoms with van der Waals surface area (Å²) >= 11 is 5.85. The Balaban J connectivity index is 1.57. The normalized spacial score (nSPS) is 23.3. The number of aromatic nitrogens is 2. The lowest BCUT2D eigenvalue weighted by atomic mass is 9.67. The number of likely N-dealkylation sites (tertiary alicyclic amines) is 1. The summed E-state index contributed by atoms with van der Waals surface area (Å²) in [5.41, 5.74) is -2.66. The fraction of sp³-hybridized carbons (Fsp3) is 0.552. The van der Waals surface area contributed by atoms with Crippen LogP contribution in [0.2, 0.25) is 5.02 Å². The van der Waals surface area contributed by atoms with Crippen LogP contribution in [0, 0.1) is 11.2 Å². The molecule has 0 spiro atoms. The first-order chi connectivity index (χ1) is 19.9. The van der Waals surface area contributed by atoms with Crippen molar-refractivity contribution in [2.75, 3.05) is 40.8 Å². The van der Waals surface area contributed by atoms with Gasteiger partial charge in [0.2, 0.25) is 5.75 Å². The first kappa shape index (κ1) is 30.0.